The van der Waals surface area contributed by atoms with E-state index in [4.69, 9.17) is 11.6 Å². The third-order valence-corrected chi connectivity index (χ3v) is 7.81. The van der Waals surface area contributed by atoms with Crippen LogP contribution in [-0.2, 0) is 4.79 Å². The maximum absolute atomic E-state index is 15.1. The summed E-state index contributed by atoms with van der Waals surface area (Å²) in [4.78, 5) is 48.8. The van der Waals surface area contributed by atoms with Crippen LogP contribution in [0.1, 0.15) is 54.3 Å². The van der Waals surface area contributed by atoms with Crippen LogP contribution in [0.3, 0.4) is 0 Å². The normalized spacial score (nSPS) is 16.1. The number of Topliss-reactive ketones (excluding diaryl/α,β-unsaturated/α-hetero) is 2. The maximum atomic E-state index is 15.1. The van der Waals surface area contributed by atoms with Crippen LogP contribution in [0.4, 0.5) is 9.52 Å². The predicted molar refractivity (Wildman–Crippen MR) is 124 cm³/mol. The molecule has 1 N–H and O–H groups in total. The van der Waals surface area contributed by atoms with Crippen LogP contribution in [0.25, 0.3) is 0 Å². The molecule has 1 atom stereocenters. The van der Waals surface area contributed by atoms with Crippen LogP contribution in [0.15, 0.2) is 29.5 Å². The summed E-state index contributed by atoms with van der Waals surface area (Å²) >= 11 is 8.34. The summed E-state index contributed by atoms with van der Waals surface area (Å²) in [6.07, 6.45) is 0. The molecule has 7 nitrogen and oxygen atoms in total. The Hall–Kier alpha value is -2.95. The first-order valence-electron chi connectivity index (χ1n) is 9.70. The molecular formula is C22H17ClFN3O4S2. The van der Waals surface area contributed by atoms with E-state index in [-0.39, 0.29) is 32.0 Å². The quantitative estimate of drug-likeness (QED) is 0.472. The Morgan fingerprint density at radius 1 is 1.12 bits per heavy atom. The Kier molecular flexibility index (Phi) is 5.94. The maximum Gasteiger partial charge on any atom is 0.296 e. The van der Waals surface area contributed by atoms with Gasteiger partial charge in [-0.1, -0.05) is 29.0 Å². The van der Waals surface area contributed by atoms with E-state index in [0.29, 0.717) is 21.3 Å². The molecule has 33 heavy (non-hydrogen) atoms. The van der Waals surface area contributed by atoms with Gasteiger partial charge in [0.25, 0.3) is 5.91 Å². The van der Waals surface area contributed by atoms with Crippen LogP contribution in [0.5, 0.6) is 0 Å². The first-order valence-corrected chi connectivity index (χ1v) is 11.7. The van der Waals surface area contributed by atoms with E-state index >= 15 is 4.39 Å². The molecule has 2 aromatic heterocycles. The lowest BCUT2D eigenvalue weighted by atomic mass is 9.94. The van der Waals surface area contributed by atoms with Gasteiger partial charge >= 0.3 is 0 Å². The van der Waals surface area contributed by atoms with E-state index in [1.54, 1.807) is 20.8 Å². The van der Waals surface area contributed by atoms with Crippen LogP contribution in [-0.4, -0.2) is 32.5 Å². The molecule has 11 heteroatoms. The number of halogens is 2. The average Bonchev–Trinajstić information content (AvgIpc) is 3.35. The molecule has 0 spiro atoms. The second-order valence-corrected chi connectivity index (χ2v) is 10.0. The highest BCUT2D eigenvalue weighted by Gasteiger charge is 2.48. The molecule has 1 aliphatic heterocycles. The first-order chi connectivity index (χ1) is 15.5. The van der Waals surface area contributed by atoms with Crippen molar-refractivity contribution in [1.82, 2.24) is 9.97 Å². The standard InChI is InChI=1S/C22H17ClFN3O4S2/c1-8-19(10(3)28)33-22(26-8)27-16(14-12(23)6-5-7-13(14)24)15(18(30)21(27)31)17(29)20-9(2)25-11(4)32-20/h5-7,16,30H,1-4H3. The Labute approximate surface area is 201 Å². The third kappa shape index (κ3) is 3.77. The van der Waals surface area contributed by atoms with Gasteiger partial charge in [-0.2, -0.15) is 0 Å². The van der Waals surface area contributed by atoms with Crippen LogP contribution >= 0.6 is 34.3 Å². The number of ketones is 2. The highest BCUT2D eigenvalue weighted by molar-refractivity contribution is 7.18. The van der Waals surface area contributed by atoms with E-state index in [0.717, 1.165) is 33.6 Å². The number of anilines is 1. The number of amides is 1. The van der Waals surface area contributed by atoms with E-state index in [1.165, 1.54) is 19.1 Å². The summed E-state index contributed by atoms with van der Waals surface area (Å²) in [7, 11) is 0. The summed E-state index contributed by atoms with van der Waals surface area (Å²) in [6.45, 7) is 6.32. The summed E-state index contributed by atoms with van der Waals surface area (Å²) in [5, 5.41) is 11.4. The van der Waals surface area contributed by atoms with Gasteiger partial charge in [0.15, 0.2) is 16.7 Å². The van der Waals surface area contributed by atoms with Gasteiger partial charge in [0.1, 0.15) is 11.9 Å². The van der Waals surface area contributed by atoms with Gasteiger partial charge in [-0.05, 0) is 32.9 Å². The predicted octanol–water partition coefficient (Wildman–Crippen LogP) is 5.30. The Balaban J connectivity index is 1.97. The average molecular weight is 506 g/mol. The molecule has 3 aromatic rings. The number of nitrogens with zero attached hydrogens (tertiary/aromatic N) is 3. The third-order valence-electron chi connectivity index (χ3n) is 5.15. The number of hydrogen-bond donors (Lipinski definition) is 1. The lowest BCUT2D eigenvalue weighted by Gasteiger charge is -2.25. The van der Waals surface area contributed by atoms with Crippen molar-refractivity contribution in [2.24, 2.45) is 0 Å². The number of rotatable bonds is 5. The van der Waals surface area contributed by atoms with Crippen LogP contribution in [0, 0.1) is 26.6 Å². The summed E-state index contributed by atoms with van der Waals surface area (Å²) in [6, 6.07) is 2.59. The second-order valence-electron chi connectivity index (χ2n) is 7.42. The molecule has 0 bridgehead atoms. The molecule has 1 unspecified atom stereocenters. The zero-order valence-electron chi connectivity index (χ0n) is 17.9. The van der Waals surface area contributed by atoms with E-state index in [9.17, 15) is 19.5 Å². The van der Waals surface area contributed by atoms with Crippen molar-refractivity contribution in [3.8, 4) is 0 Å². The molecule has 3 heterocycles. The number of aliphatic hydroxyl groups excluding tert-OH is 1. The topological polar surface area (TPSA) is 100 Å². The van der Waals surface area contributed by atoms with E-state index in [1.807, 2.05) is 0 Å². The number of carbonyl (C=O) groups excluding carboxylic acids is 3. The lowest BCUT2D eigenvalue weighted by molar-refractivity contribution is -0.117. The van der Waals surface area contributed by atoms with Gasteiger partial charge in [-0.3, -0.25) is 19.3 Å². The number of aromatic nitrogens is 2. The number of aryl methyl sites for hydroxylation is 3. The molecule has 1 aromatic carbocycles. The second kappa shape index (κ2) is 8.44. The fraction of sp³-hybridized carbons (Fsp3) is 0.227. The minimum atomic E-state index is -1.38. The first kappa shape index (κ1) is 23.2. The number of carbonyl (C=O) groups is 3. The largest absolute Gasteiger partial charge is 0.503 e. The molecule has 0 saturated carbocycles. The Bertz CT molecular complexity index is 1360. The number of hydrogen-bond acceptors (Lipinski definition) is 8. The zero-order valence-corrected chi connectivity index (χ0v) is 20.3. The van der Waals surface area contributed by atoms with Gasteiger partial charge in [-0.25, -0.2) is 14.4 Å². The van der Waals surface area contributed by atoms with Crippen molar-refractivity contribution in [1.29, 1.82) is 0 Å². The molecule has 0 aliphatic carbocycles. The SMILES string of the molecule is CC(=O)c1sc(N2C(=O)C(O)=C(C(=O)c3sc(C)nc3C)C2c2c(F)cccc2Cl)nc1C. The number of thiazole rings is 2. The summed E-state index contributed by atoms with van der Waals surface area (Å²) < 4.78 is 15.1. The highest BCUT2D eigenvalue weighted by Crippen LogP contribution is 2.46. The van der Waals surface area contributed by atoms with E-state index in [2.05, 4.69) is 9.97 Å². The minimum Gasteiger partial charge on any atom is -0.503 e. The summed E-state index contributed by atoms with van der Waals surface area (Å²) in [5.41, 5.74) is 0.324. The lowest BCUT2D eigenvalue weighted by Crippen LogP contribution is -2.31. The zero-order chi connectivity index (χ0) is 24.2. The molecule has 4 rings (SSSR count). The number of aliphatic hydroxyl groups is 1. The molecule has 170 valence electrons. The fourth-order valence-corrected chi connectivity index (χ4v) is 5.88. The molecular weight excluding hydrogens is 489 g/mol. The van der Waals surface area contributed by atoms with Crippen LogP contribution < -0.4 is 4.90 Å². The molecule has 0 radical (unpaired) electrons. The van der Waals surface area contributed by atoms with Gasteiger partial charge in [0.2, 0.25) is 5.78 Å². The molecule has 1 aliphatic rings. The van der Waals surface area contributed by atoms with Crippen molar-refractivity contribution in [2.45, 2.75) is 33.7 Å². The monoisotopic (exact) mass is 505 g/mol. The Morgan fingerprint density at radius 2 is 1.79 bits per heavy atom. The van der Waals surface area contributed by atoms with Crippen molar-refractivity contribution in [3.63, 3.8) is 0 Å². The smallest absolute Gasteiger partial charge is 0.296 e. The summed E-state index contributed by atoms with van der Waals surface area (Å²) in [5.74, 6) is -3.44. The minimum absolute atomic E-state index is 0.0323. The van der Waals surface area contributed by atoms with E-state index < -0.39 is 29.3 Å². The fourth-order valence-electron chi connectivity index (χ4n) is 3.76. The Morgan fingerprint density at radius 3 is 2.33 bits per heavy atom. The highest BCUT2D eigenvalue weighted by atomic mass is 35.5. The van der Waals surface area contributed by atoms with Gasteiger partial charge in [-0.15, -0.1) is 11.3 Å². The van der Waals surface area contributed by atoms with Crippen LogP contribution in [0.2, 0.25) is 5.02 Å². The number of benzene rings is 1. The molecule has 1 amide bonds. The van der Waals surface area contributed by atoms with Crippen molar-refractivity contribution < 1.29 is 23.9 Å². The van der Waals surface area contributed by atoms with Crippen molar-refractivity contribution in [2.75, 3.05) is 4.90 Å². The van der Waals surface area contributed by atoms with Gasteiger partial charge in [0, 0.05) is 17.5 Å². The van der Waals surface area contributed by atoms with Crippen molar-refractivity contribution in [3.05, 3.63) is 72.1 Å². The van der Waals surface area contributed by atoms with Gasteiger partial charge in [0.05, 0.1) is 31.7 Å². The molecule has 0 fully saturated rings. The molecule has 0 saturated heterocycles. The van der Waals surface area contributed by atoms with Gasteiger partial charge < -0.3 is 5.11 Å². The van der Waals surface area contributed by atoms with Crippen molar-refractivity contribution >= 4 is 56.9 Å².